The first kappa shape index (κ1) is 15.1. The van der Waals surface area contributed by atoms with E-state index in [0.717, 1.165) is 4.90 Å². The zero-order chi connectivity index (χ0) is 14.1. The highest BCUT2D eigenvalue weighted by Gasteiger charge is 2.50. The molecule has 1 saturated heterocycles. The molecule has 0 unspecified atom stereocenters. The van der Waals surface area contributed by atoms with Gasteiger partial charge in [-0.05, 0) is 20.8 Å². The Labute approximate surface area is 104 Å². The maximum atomic E-state index is 12.7. The Morgan fingerprint density at radius 1 is 1.33 bits per heavy atom. The number of halogens is 3. The lowest BCUT2D eigenvalue weighted by Gasteiger charge is -2.24. The number of likely N-dealkylation sites (tertiary alicyclic amines) is 1. The van der Waals surface area contributed by atoms with Crippen molar-refractivity contribution in [3.05, 3.63) is 0 Å². The highest BCUT2D eigenvalue weighted by molar-refractivity contribution is 5.68. The molecule has 1 aliphatic rings. The second kappa shape index (κ2) is 4.95. The van der Waals surface area contributed by atoms with Crippen LogP contribution in [-0.4, -0.2) is 47.6 Å². The number of aliphatic hydroxyl groups excluding tert-OH is 1. The van der Waals surface area contributed by atoms with Gasteiger partial charge in [-0.2, -0.15) is 13.2 Å². The quantitative estimate of drug-likeness (QED) is 0.792. The predicted molar refractivity (Wildman–Crippen MR) is 57.9 cm³/mol. The van der Waals surface area contributed by atoms with Gasteiger partial charge in [-0.1, -0.05) is 0 Å². The summed E-state index contributed by atoms with van der Waals surface area (Å²) in [6.07, 6.45) is -5.18. The van der Waals surface area contributed by atoms with E-state index < -0.39 is 42.9 Å². The maximum Gasteiger partial charge on any atom is 0.410 e. The molecule has 106 valence electrons. The van der Waals surface area contributed by atoms with Gasteiger partial charge in [0.2, 0.25) is 0 Å². The van der Waals surface area contributed by atoms with Crippen molar-refractivity contribution in [2.45, 2.75) is 32.5 Å². The number of carbonyl (C=O) groups excluding carboxylic acids is 1. The molecule has 1 N–H and O–H groups in total. The van der Waals surface area contributed by atoms with Crippen LogP contribution in [0.4, 0.5) is 18.0 Å². The summed E-state index contributed by atoms with van der Waals surface area (Å²) in [4.78, 5) is 12.7. The Morgan fingerprint density at radius 2 is 1.89 bits per heavy atom. The summed E-state index contributed by atoms with van der Waals surface area (Å²) in [5.74, 6) is -2.66. The van der Waals surface area contributed by atoms with Crippen molar-refractivity contribution >= 4 is 6.09 Å². The fourth-order valence-corrected chi connectivity index (χ4v) is 1.90. The normalized spacial score (nSPS) is 25.4. The predicted octanol–water partition coefficient (Wildman–Crippen LogP) is 2.02. The Hall–Kier alpha value is -0.980. The first-order valence-corrected chi connectivity index (χ1v) is 5.70. The first-order valence-electron chi connectivity index (χ1n) is 5.70. The van der Waals surface area contributed by atoms with Gasteiger partial charge in [0.25, 0.3) is 0 Å². The number of aliphatic hydroxyl groups is 1. The fraction of sp³-hybridized carbons (Fsp3) is 0.909. The zero-order valence-corrected chi connectivity index (χ0v) is 10.6. The molecule has 0 radical (unpaired) electrons. The molecule has 0 spiro atoms. The van der Waals surface area contributed by atoms with Crippen LogP contribution in [0.1, 0.15) is 20.8 Å². The smallest absolute Gasteiger partial charge is 0.410 e. The molecule has 18 heavy (non-hydrogen) atoms. The molecule has 1 aliphatic heterocycles. The number of nitrogens with zero attached hydrogens (tertiary/aromatic N) is 1. The van der Waals surface area contributed by atoms with Gasteiger partial charge in [0.05, 0.1) is 5.92 Å². The Bertz CT molecular complexity index is 312. The van der Waals surface area contributed by atoms with Gasteiger partial charge in [0.15, 0.2) is 0 Å². The Balaban J connectivity index is 2.70. The van der Waals surface area contributed by atoms with Gasteiger partial charge in [-0.15, -0.1) is 0 Å². The lowest BCUT2D eigenvalue weighted by atomic mass is 9.97. The average Bonchev–Trinajstić information content (AvgIpc) is 2.57. The van der Waals surface area contributed by atoms with Crippen molar-refractivity contribution in [3.63, 3.8) is 0 Å². The SMILES string of the molecule is CC(C)(C)OC(=O)N1C[C@H](CO)[C@H](C(F)(F)F)C1. The second-order valence-electron chi connectivity index (χ2n) is 5.48. The summed E-state index contributed by atoms with van der Waals surface area (Å²) >= 11 is 0. The van der Waals surface area contributed by atoms with Crippen molar-refractivity contribution in [2.75, 3.05) is 19.7 Å². The molecule has 4 nitrogen and oxygen atoms in total. The number of hydrogen-bond donors (Lipinski definition) is 1. The topological polar surface area (TPSA) is 49.8 Å². The van der Waals surface area contributed by atoms with Gasteiger partial charge in [0, 0.05) is 25.6 Å². The van der Waals surface area contributed by atoms with E-state index in [-0.39, 0.29) is 6.54 Å². The van der Waals surface area contributed by atoms with Gasteiger partial charge >= 0.3 is 12.3 Å². The van der Waals surface area contributed by atoms with E-state index in [2.05, 4.69) is 0 Å². The van der Waals surface area contributed by atoms with E-state index in [9.17, 15) is 18.0 Å². The summed E-state index contributed by atoms with van der Waals surface area (Å²) in [5, 5.41) is 8.95. The Morgan fingerprint density at radius 3 is 2.22 bits per heavy atom. The molecule has 0 aromatic rings. The average molecular weight is 269 g/mol. The molecule has 2 atom stereocenters. The van der Waals surface area contributed by atoms with Crippen LogP contribution in [0.3, 0.4) is 0 Å². The van der Waals surface area contributed by atoms with E-state index in [1.54, 1.807) is 20.8 Å². The number of amides is 1. The highest BCUT2D eigenvalue weighted by Crippen LogP contribution is 2.37. The van der Waals surface area contributed by atoms with E-state index in [1.165, 1.54) is 0 Å². The van der Waals surface area contributed by atoms with Crippen LogP contribution in [0.5, 0.6) is 0 Å². The van der Waals surface area contributed by atoms with Crippen LogP contribution in [-0.2, 0) is 4.74 Å². The molecular weight excluding hydrogens is 251 g/mol. The van der Waals surface area contributed by atoms with Crippen LogP contribution in [0, 0.1) is 11.8 Å². The van der Waals surface area contributed by atoms with E-state index in [0.29, 0.717) is 0 Å². The van der Waals surface area contributed by atoms with E-state index >= 15 is 0 Å². The molecular formula is C11H18F3NO3. The standard InChI is InChI=1S/C11H18F3NO3/c1-10(2,3)18-9(17)15-4-7(6-16)8(5-15)11(12,13)14/h7-8,16H,4-6H2,1-3H3/t7-,8-/m1/s1. The van der Waals surface area contributed by atoms with Crippen LogP contribution >= 0.6 is 0 Å². The molecule has 0 saturated carbocycles. The molecule has 1 rings (SSSR count). The van der Waals surface area contributed by atoms with Gasteiger partial charge < -0.3 is 14.7 Å². The summed E-state index contributed by atoms with van der Waals surface area (Å²) < 4.78 is 43.1. The van der Waals surface area contributed by atoms with Crippen molar-refractivity contribution in [1.82, 2.24) is 4.90 Å². The molecule has 1 heterocycles. The molecule has 0 bridgehead atoms. The third-order valence-electron chi connectivity index (χ3n) is 2.75. The van der Waals surface area contributed by atoms with E-state index in [1.807, 2.05) is 0 Å². The van der Waals surface area contributed by atoms with Crippen molar-refractivity contribution in [1.29, 1.82) is 0 Å². The minimum absolute atomic E-state index is 0.129. The maximum absolute atomic E-state index is 12.7. The van der Waals surface area contributed by atoms with Crippen molar-refractivity contribution < 1.29 is 27.8 Å². The summed E-state index contributed by atoms with van der Waals surface area (Å²) in [5.41, 5.74) is -0.748. The lowest BCUT2D eigenvalue weighted by molar-refractivity contribution is -0.182. The number of carbonyl (C=O) groups is 1. The van der Waals surface area contributed by atoms with Crippen molar-refractivity contribution in [2.24, 2.45) is 11.8 Å². The lowest BCUT2D eigenvalue weighted by Crippen LogP contribution is -2.36. The third kappa shape index (κ3) is 3.76. The molecule has 0 aromatic carbocycles. The molecule has 0 aromatic heterocycles. The number of rotatable bonds is 1. The second-order valence-corrected chi connectivity index (χ2v) is 5.48. The highest BCUT2D eigenvalue weighted by atomic mass is 19.4. The number of hydrogen-bond acceptors (Lipinski definition) is 3. The van der Waals surface area contributed by atoms with Crippen LogP contribution < -0.4 is 0 Å². The largest absolute Gasteiger partial charge is 0.444 e. The molecule has 0 aliphatic carbocycles. The van der Waals surface area contributed by atoms with Crippen LogP contribution in [0.25, 0.3) is 0 Å². The van der Waals surface area contributed by atoms with Gasteiger partial charge in [-0.3, -0.25) is 0 Å². The number of ether oxygens (including phenoxy) is 1. The van der Waals surface area contributed by atoms with Crippen LogP contribution in [0.15, 0.2) is 0 Å². The monoisotopic (exact) mass is 269 g/mol. The van der Waals surface area contributed by atoms with E-state index in [4.69, 9.17) is 9.84 Å². The van der Waals surface area contributed by atoms with Gasteiger partial charge in [0.1, 0.15) is 5.60 Å². The summed E-state index contributed by atoms with van der Waals surface area (Å²) in [6, 6.07) is 0. The van der Waals surface area contributed by atoms with Gasteiger partial charge in [-0.25, -0.2) is 4.79 Å². The minimum Gasteiger partial charge on any atom is -0.444 e. The van der Waals surface area contributed by atoms with Crippen LogP contribution in [0.2, 0.25) is 0 Å². The summed E-state index contributed by atoms with van der Waals surface area (Å²) in [7, 11) is 0. The minimum atomic E-state index is -4.41. The molecule has 1 amide bonds. The summed E-state index contributed by atoms with van der Waals surface area (Å²) in [6.45, 7) is 3.76. The third-order valence-corrected chi connectivity index (χ3v) is 2.75. The Kier molecular flexibility index (Phi) is 4.15. The molecule has 7 heteroatoms. The number of alkyl halides is 3. The van der Waals surface area contributed by atoms with Crippen molar-refractivity contribution in [3.8, 4) is 0 Å². The molecule has 1 fully saturated rings. The fourth-order valence-electron chi connectivity index (χ4n) is 1.90. The first-order chi connectivity index (χ1) is 8.04. The zero-order valence-electron chi connectivity index (χ0n) is 10.6.